The number of Topliss-reactive ketones (excluding diaryl/α,β-unsaturated/α-hetero) is 1. The van der Waals surface area contributed by atoms with Gasteiger partial charge in [0.1, 0.15) is 0 Å². The number of anilines is 2. The van der Waals surface area contributed by atoms with Gasteiger partial charge in [-0.15, -0.1) is 0 Å². The maximum atomic E-state index is 13.5. The van der Waals surface area contributed by atoms with Crippen molar-refractivity contribution in [2.45, 2.75) is 20.4 Å². The minimum Gasteiger partial charge on any atom is -0.360 e. The molecule has 0 atom stereocenters. The first-order chi connectivity index (χ1) is 14.4. The second-order valence-corrected chi connectivity index (χ2v) is 9.07. The monoisotopic (exact) mass is 418 g/mol. The van der Waals surface area contributed by atoms with Crippen LogP contribution in [-0.4, -0.2) is 14.2 Å². The highest BCUT2D eigenvalue weighted by atomic mass is 32.2. The van der Waals surface area contributed by atoms with Gasteiger partial charge in [-0.2, -0.15) is 0 Å². The fourth-order valence-corrected chi connectivity index (χ4v) is 5.02. The van der Waals surface area contributed by atoms with E-state index in [4.69, 9.17) is 0 Å². The molecule has 0 saturated heterocycles. The first-order valence-electron chi connectivity index (χ1n) is 9.63. The highest BCUT2D eigenvalue weighted by Gasteiger charge is 2.40. The SMILES string of the molecule is Cc1cccc(N/C=C2\C(=O)c3ccccc3N(Cc3ccccc3)S2(=O)=O)c1C. The van der Waals surface area contributed by atoms with Gasteiger partial charge < -0.3 is 5.32 Å². The third-order valence-corrected chi connectivity index (χ3v) is 7.11. The lowest BCUT2D eigenvalue weighted by Crippen LogP contribution is -2.39. The Labute approximate surface area is 176 Å². The second kappa shape index (κ2) is 7.80. The predicted molar refractivity (Wildman–Crippen MR) is 120 cm³/mol. The molecule has 0 radical (unpaired) electrons. The van der Waals surface area contributed by atoms with Gasteiger partial charge in [-0.1, -0.05) is 54.6 Å². The summed E-state index contributed by atoms with van der Waals surface area (Å²) in [6.45, 7) is 4.08. The number of carbonyl (C=O) groups is 1. The molecule has 0 unspecified atom stereocenters. The van der Waals surface area contributed by atoms with Crippen molar-refractivity contribution in [2.24, 2.45) is 0 Å². The summed E-state index contributed by atoms with van der Waals surface area (Å²) in [6.07, 6.45) is 1.31. The first kappa shape index (κ1) is 19.9. The number of ketones is 1. The molecule has 6 heteroatoms. The molecule has 0 spiro atoms. The molecule has 3 aromatic rings. The summed E-state index contributed by atoms with van der Waals surface area (Å²) in [7, 11) is -4.04. The van der Waals surface area contributed by atoms with Gasteiger partial charge in [0.05, 0.1) is 12.2 Å². The van der Waals surface area contributed by atoms with Gasteiger partial charge in [-0.05, 0) is 48.7 Å². The number of carbonyl (C=O) groups excluding carboxylic acids is 1. The average Bonchev–Trinajstić information content (AvgIpc) is 2.74. The summed E-state index contributed by atoms with van der Waals surface area (Å²) < 4.78 is 28.2. The third kappa shape index (κ3) is 3.50. The second-order valence-electron chi connectivity index (χ2n) is 7.24. The van der Waals surface area contributed by atoms with E-state index < -0.39 is 15.8 Å². The third-order valence-electron chi connectivity index (χ3n) is 5.34. The van der Waals surface area contributed by atoms with Gasteiger partial charge in [0.2, 0.25) is 5.78 Å². The molecule has 1 heterocycles. The summed E-state index contributed by atoms with van der Waals surface area (Å²) >= 11 is 0. The van der Waals surface area contributed by atoms with Crippen molar-refractivity contribution in [3.05, 3.63) is 106 Å². The van der Waals surface area contributed by atoms with Crippen LogP contribution in [0.15, 0.2) is 83.9 Å². The molecular formula is C24H22N2O3S. The van der Waals surface area contributed by atoms with Gasteiger partial charge in [-0.3, -0.25) is 9.10 Å². The molecule has 0 aliphatic carbocycles. The Bertz CT molecular complexity index is 1250. The number of para-hydroxylation sites is 1. The van der Waals surface area contributed by atoms with Crippen LogP contribution in [-0.2, 0) is 16.6 Å². The van der Waals surface area contributed by atoms with Gasteiger partial charge in [0.15, 0.2) is 4.91 Å². The zero-order valence-corrected chi connectivity index (χ0v) is 17.6. The van der Waals surface area contributed by atoms with E-state index in [-0.39, 0.29) is 11.4 Å². The number of hydrogen-bond acceptors (Lipinski definition) is 4. The largest absolute Gasteiger partial charge is 0.360 e. The molecule has 0 fully saturated rings. The van der Waals surface area contributed by atoms with Gasteiger partial charge in [0.25, 0.3) is 10.0 Å². The number of fused-ring (bicyclic) bond motifs is 1. The Morgan fingerprint density at radius 3 is 2.37 bits per heavy atom. The lowest BCUT2D eigenvalue weighted by Gasteiger charge is -2.31. The highest BCUT2D eigenvalue weighted by Crippen LogP contribution is 2.36. The predicted octanol–water partition coefficient (Wildman–Crippen LogP) is 4.79. The van der Waals surface area contributed by atoms with E-state index in [0.29, 0.717) is 11.3 Å². The van der Waals surface area contributed by atoms with E-state index in [9.17, 15) is 13.2 Å². The molecule has 152 valence electrons. The molecule has 0 amide bonds. The maximum Gasteiger partial charge on any atom is 0.270 e. The maximum absolute atomic E-state index is 13.5. The first-order valence-corrected chi connectivity index (χ1v) is 11.1. The summed E-state index contributed by atoms with van der Waals surface area (Å²) in [5, 5.41) is 3.04. The summed E-state index contributed by atoms with van der Waals surface area (Å²) in [5.74, 6) is -0.507. The Balaban J connectivity index is 1.80. The van der Waals surface area contributed by atoms with E-state index >= 15 is 0 Å². The standard InChI is InChI=1S/C24H22N2O3S/c1-17-9-8-13-21(18(17)2)25-15-23-24(27)20-12-6-7-14-22(20)26(30(23,28)29)16-19-10-4-3-5-11-19/h3-15,25H,16H2,1-2H3/b23-15+. The normalized spacial score (nSPS) is 16.4. The average molecular weight is 419 g/mol. The van der Waals surface area contributed by atoms with Crippen LogP contribution in [0.25, 0.3) is 0 Å². The molecule has 5 nitrogen and oxygen atoms in total. The van der Waals surface area contributed by atoms with Crippen molar-refractivity contribution in [1.29, 1.82) is 0 Å². The number of rotatable bonds is 4. The highest BCUT2D eigenvalue weighted by molar-refractivity contribution is 7.97. The zero-order chi connectivity index (χ0) is 21.3. The minimum atomic E-state index is -4.04. The molecule has 1 aliphatic heterocycles. The number of aryl methyl sites for hydroxylation is 1. The number of allylic oxidation sites excluding steroid dienone is 1. The molecule has 3 aromatic carbocycles. The molecule has 4 rings (SSSR count). The quantitative estimate of drug-likeness (QED) is 0.619. The number of benzene rings is 3. The van der Waals surface area contributed by atoms with Crippen molar-refractivity contribution in [3.63, 3.8) is 0 Å². The molecule has 1 aliphatic rings. The van der Waals surface area contributed by atoms with Crippen molar-refractivity contribution < 1.29 is 13.2 Å². The summed E-state index contributed by atoms with van der Waals surface area (Å²) in [6, 6.07) is 21.9. The van der Waals surface area contributed by atoms with E-state index in [1.54, 1.807) is 24.3 Å². The lowest BCUT2D eigenvalue weighted by molar-refractivity contribution is 0.104. The number of hydrogen-bond donors (Lipinski definition) is 1. The van der Waals surface area contributed by atoms with Crippen LogP contribution in [0.5, 0.6) is 0 Å². The Morgan fingerprint density at radius 2 is 1.60 bits per heavy atom. The smallest absolute Gasteiger partial charge is 0.270 e. The summed E-state index contributed by atoms with van der Waals surface area (Å²) in [4.78, 5) is 12.8. The number of sulfonamides is 1. The van der Waals surface area contributed by atoms with Crippen LogP contribution in [0.1, 0.15) is 27.0 Å². The van der Waals surface area contributed by atoms with Crippen molar-refractivity contribution in [2.75, 3.05) is 9.62 Å². The number of nitrogens with one attached hydrogen (secondary N) is 1. The van der Waals surface area contributed by atoms with Crippen molar-refractivity contribution in [3.8, 4) is 0 Å². The van der Waals surface area contributed by atoms with Crippen LogP contribution in [0.3, 0.4) is 0 Å². The van der Waals surface area contributed by atoms with E-state index in [0.717, 1.165) is 22.4 Å². The van der Waals surface area contributed by atoms with Gasteiger partial charge >= 0.3 is 0 Å². The molecule has 30 heavy (non-hydrogen) atoms. The Morgan fingerprint density at radius 1 is 0.900 bits per heavy atom. The lowest BCUT2D eigenvalue weighted by atomic mass is 10.1. The van der Waals surface area contributed by atoms with E-state index in [1.165, 1.54) is 10.5 Å². The summed E-state index contributed by atoms with van der Waals surface area (Å²) in [5.41, 5.74) is 4.45. The minimum absolute atomic E-state index is 0.147. The van der Waals surface area contributed by atoms with Crippen LogP contribution >= 0.6 is 0 Å². The van der Waals surface area contributed by atoms with Crippen LogP contribution in [0.2, 0.25) is 0 Å². The Kier molecular flexibility index (Phi) is 5.18. The van der Waals surface area contributed by atoms with Crippen LogP contribution in [0.4, 0.5) is 11.4 Å². The van der Waals surface area contributed by atoms with Crippen LogP contribution < -0.4 is 9.62 Å². The van der Waals surface area contributed by atoms with Crippen LogP contribution in [0, 0.1) is 13.8 Å². The Hall–Kier alpha value is -3.38. The van der Waals surface area contributed by atoms with Gasteiger partial charge in [0, 0.05) is 17.5 Å². The van der Waals surface area contributed by atoms with Crippen molar-refractivity contribution >= 4 is 27.2 Å². The van der Waals surface area contributed by atoms with E-state index in [2.05, 4.69) is 5.32 Å². The fraction of sp³-hybridized carbons (Fsp3) is 0.125. The molecule has 0 saturated carbocycles. The zero-order valence-electron chi connectivity index (χ0n) is 16.8. The van der Waals surface area contributed by atoms with Gasteiger partial charge in [-0.25, -0.2) is 8.42 Å². The number of nitrogens with zero attached hydrogens (tertiary/aromatic N) is 1. The molecule has 1 N–H and O–H groups in total. The van der Waals surface area contributed by atoms with Crippen molar-refractivity contribution in [1.82, 2.24) is 0 Å². The molecular weight excluding hydrogens is 396 g/mol. The fourth-order valence-electron chi connectivity index (χ4n) is 3.49. The topological polar surface area (TPSA) is 66.5 Å². The molecule has 0 bridgehead atoms. The molecule has 0 aromatic heterocycles. The van der Waals surface area contributed by atoms with E-state index in [1.807, 2.05) is 62.4 Å².